The van der Waals surface area contributed by atoms with Crippen LogP contribution in [0.3, 0.4) is 0 Å². The van der Waals surface area contributed by atoms with Crippen molar-refractivity contribution in [3.63, 3.8) is 0 Å². The molecule has 0 unspecified atom stereocenters. The molecule has 0 heterocycles. The molecule has 6 rings (SSSR count). The maximum Gasteiger partial charge on any atom is -0.0197 e. The summed E-state index contributed by atoms with van der Waals surface area (Å²) in [6.45, 7) is 8.69. The Kier molecular flexibility index (Phi) is 12.7. The molecule has 5 aromatic carbocycles. The molecule has 0 N–H and O–H groups in total. The van der Waals surface area contributed by atoms with Crippen LogP contribution < -0.4 is 24.8 Å². The second-order valence-corrected chi connectivity index (χ2v) is 11.8. The number of aryl methyl sites for hydroxylation is 2. The molecule has 0 fully saturated rings. The van der Waals surface area contributed by atoms with Crippen LogP contribution in [-0.2, 0) is 24.2 Å². The number of fused-ring (bicyclic) bond motifs is 3. The van der Waals surface area contributed by atoms with Gasteiger partial charge in [-0.25, -0.2) is 12.2 Å². The molecule has 0 saturated carbocycles. The number of hydrogen-bond acceptors (Lipinski definition) is 0. The third-order valence-electron chi connectivity index (χ3n) is 6.15. The van der Waals surface area contributed by atoms with Gasteiger partial charge >= 0.3 is 41.3 Å². The summed E-state index contributed by atoms with van der Waals surface area (Å²) in [6, 6.07) is 33.0. The van der Waals surface area contributed by atoms with E-state index in [4.69, 9.17) is 0 Å². The second-order valence-electron chi connectivity index (χ2n) is 9.39. The van der Waals surface area contributed by atoms with Crippen molar-refractivity contribution in [3.8, 4) is 22.3 Å². The molecule has 3 heteroatoms. The van der Waals surface area contributed by atoms with Gasteiger partial charge < -0.3 is 24.8 Å². The number of benzene rings is 4. The monoisotopic (exact) mass is 612 g/mol. The molecular formula is C35H32Cl2Zr-2. The van der Waals surface area contributed by atoms with Crippen LogP contribution >= 0.6 is 0 Å². The molecule has 1 aliphatic rings. The van der Waals surface area contributed by atoms with Gasteiger partial charge in [0.1, 0.15) is 0 Å². The summed E-state index contributed by atoms with van der Waals surface area (Å²) in [5.74, 6) is 0. The van der Waals surface area contributed by atoms with Crippen molar-refractivity contribution in [1.82, 2.24) is 0 Å². The number of halogens is 2. The van der Waals surface area contributed by atoms with E-state index < -0.39 is 0 Å². The Hall–Kier alpha value is -2.44. The SMILES string of the molecule is C[C](C)=[Zr+2].Cc1cc(-c2ccccc2)cc2c1[cH-]c1c(C)cc(-c3ccccc3)cc12.[C-]1=CC=CC1.[Cl-].[Cl-]. The fraction of sp³-hybridized carbons (Fsp3) is 0.143. The Morgan fingerprint density at radius 2 is 1.11 bits per heavy atom. The molecule has 0 radical (unpaired) electrons. The summed E-state index contributed by atoms with van der Waals surface area (Å²) in [7, 11) is 0. The molecule has 0 saturated heterocycles. The van der Waals surface area contributed by atoms with Crippen LogP contribution in [0.15, 0.2) is 109 Å². The first-order valence-electron chi connectivity index (χ1n) is 12.4. The van der Waals surface area contributed by atoms with E-state index in [1.807, 2.05) is 12.2 Å². The first-order chi connectivity index (χ1) is 17.4. The first kappa shape index (κ1) is 31.8. The van der Waals surface area contributed by atoms with Gasteiger partial charge in [0, 0.05) is 0 Å². The van der Waals surface area contributed by atoms with Gasteiger partial charge in [-0.2, -0.15) is 6.08 Å². The van der Waals surface area contributed by atoms with Crippen molar-refractivity contribution >= 4 is 24.8 Å². The van der Waals surface area contributed by atoms with Crippen molar-refractivity contribution in [2.24, 2.45) is 0 Å². The van der Waals surface area contributed by atoms with E-state index in [0.29, 0.717) is 0 Å². The molecule has 0 nitrogen and oxygen atoms in total. The van der Waals surface area contributed by atoms with E-state index in [-0.39, 0.29) is 24.8 Å². The van der Waals surface area contributed by atoms with Crippen LogP contribution in [0.5, 0.6) is 0 Å². The molecule has 1 aliphatic carbocycles. The smallest absolute Gasteiger partial charge is 0.0197 e. The van der Waals surface area contributed by atoms with E-state index >= 15 is 0 Å². The van der Waals surface area contributed by atoms with Gasteiger partial charge in [0.25, 0.3) is 0 Å². The predicted molar refractivity (Wildman–Crippen MR) is 155 cm³/mol. The third-order valence-corrected chi connectivity index (χ3v) is 6.15. The number of hydrogen-bond donors (Lipinski definition) is 0. The van der Waals surface area contributed by atoms with Gasteiger partial charge in [-0.3, -0.25) is 6.08 Å². The zero-order valence-corrected chi connectivity index (χ0v) is 26.3. The average Bonchev–Trinajstić information content (AvgIpc) is 3.58. The van der Waals surface area contributed by atoms with E-state index in [0.717, 1.165) is 6.42 Å². The second kappa shape index (κ2) is 15.2. The average molecular weight is 615 g/mol. The van der Waals surface area contributed by atoms with E-state index in [1.54, 1.807) is 24.2 Å². The maximum absolute atomic E-state index is 2.99. The Bertz CT molecular complexity index is 1430. The van der Waals surface area contributed by atoms with Gasteiger partial charge in [0.2, 0.25) is 0 Å². The summed E-state index contributed by atoms with van der Waals surface area (Å²) >= 11 is 1.55. The Labute approximate surface area is 255 Å². The van der Waals surface area contributed by atoms with Crippen LogP contribution in [-0.4, -0.2) is 3.21 Å². The van der Waals surface area contributed by atoms with Crippen molar-refractivity contribution in [1.29, 1.82) is 0 Å². The Morgan fingerprint density at radius 1 is 0.684 bits per heavy atom. The van der Waals surface area contributed by atoms with Crippen molar-refractivity contribution in [2.45, 2.75) is 34.1 Å². The van der Waals surface area contributed by atoms with Crippen LogP contribution in [0.25, 0.3) is 43.8 Å². The first-order valence-corrected chi connectivity index (χ1v) is 13.7. The summed E-state index contributed by atoms with van der Waals surface area (Å²) < 4.78 is 1.51. The molecule has 0 spiro atoms. The number of rotatable bonds is 2. The normalized spacial score (nSPS) is 11.1. The number of allylic oxidation sites excluding steroid dienone is 4. The van der Waals surface area contributed by atoms with Crippen molar-refractivity contribution < 1.29 is 49.0 Å². The molecule has 0 bridgehead atoms. The molecule has 0 aromatic heterocycles. The van der Waals surface area contributed by atoms with E-state index in [2.05, 4.69) is 131 Å². The molecule has 0 aliphatic heterocycles. The van der Waals surface area contributed by atoms with Crippen LogP contribution in [0.2, 0.25) is 0 Å². The summed E-state index contributed by atoms with van der Waals surface area (Å²) in [6.07, 6.45) is 10.0. The van der Waals surface area contributed by atoms with Gasteiger partial charge in [0.05, 0.1) is 0 Å². The fourth-order valence-electron chi connectivity index (χ4n) is 4.50. The van der Waals surface area contributed by atoms with E-state index in [9.17, 15) is 0 Å². The van der Waals surface area contributed by atoms with Crippen LogP contribution in [0.4, 0.5) is 0 Å². The molecule has 0 amide bonds. The standard InChI is InChI=1S/C27H21.C5H5.C3H6.2ClH.Zr/c1-18-13-22(20-9-5-3-6-10-20)15-26-24(18)17-25-19(2)14-23(16-27(25)26)21-11-7-4-8-12-21;1-2-4-5-3-1;1-3-2;;;/h3-17H,1-2H3;1-3H,4H2;1-2H3;2*1H;/q2*-1;;;;+2/p-2. The van der Waals surface area contributed by atoms with Gasteiger partial charge in [-0.15, -0.1) is 45.2 Å². The fourth-order valence-corrected chi connectivity index (χ4v) is 4.50. The van der Waals surface area contributed by atoms with Crippen LogP contribution in [0.1, 0.15) is 31.4 Å². The van der Waals surface area contributed by atoms with Crippen molar-refractivity contribution in [3.05, 3.63) is 126 Å². The van der Waals surface area contributed by atoms with Gasteiger partial charge in [-0.05, 0) is 22.3 Å². The maximum atomic E-state index is 2.99. The van der Waals surface area contributed by atoms with Crippen LogP contribution in [0, 0.1) is 19.9 Å². The summed E-state index contributed by atoms with van der Waals surface area (Å²) in [5, 5.41) is 5.42. The van der Waals surface area contributed by atoms with E-state index in [1.165, 1.54) is 58.1 Å². The molecular weight excluding hydrogens is 583 g/mol. The zero-order valence-electron chi connectivity index (χ0n) is 22.4. The Morgan fingerprint density at radius 3 is 1.42 bits per heavy atom. The molecule has 38 heavy (non-hydrogen) atoms. The topological polar surface area (TPSA) is 0 Å². The molecule has 5 aromatic rings. The summed E-state index contributed by atoms with van der Waals surface area (Å²) in [4.78, 5) is 0. The molecule has 0 atom stereocenters. The third kappa shape index (κ3) is 8.03. The minimum Gasteiger partial charge on any atom is -1.00 e. The van der Waals surface area contributed by atoms with Gasteiger partial charge in [-0.1, -0.05) is 98.8 Å². The van der Waals surface area contributed by atoms with Gasteiger partial charge in [0.15, 0.2) is 0 Å². The zero-order chi connectivity index (χ0) is 25.5. The minimum absolute atomic E-state index is 0. The predicted octanol–water partition coefficient (Wildman–Crippen LogP) is 3.72. The Balaban J connectivity index is 0.000000398. The minimum atomic E-state index is 0. The largest absolute Gasteiger partial charge is 1.00 e. The summed E-state index contributed by atoms with van der Waals surface area (Å²) in [5.41, 5.74) is 7.79. The molecule has 192 valence electrons. The van der Waals surface area contributed by atoms with Crippen molar-refractivity contribution in [2.75, 3.05) is 0 Å². The quantitative estimate of drug-likeness (QED) is 0.266.